The molecule has 0 bridgehead atoms. The topological polar surface area (TPSA) is 163 Å². The third-order valence-electron chi connectivity index (χ3n) is 12.2. The fraction of sp³-hybridized carbons (Fsp3) is 0.312. The Balaban J connectivity index is 0.832. The maximum atomic E-state index is 13.8. The van der Waals surface area contributed by atoms with Crippen LogP contribution in [0.4, 0.5) is 4.79 Å². The van der Waals surface area contributed by atoms with Gasteiger partial charge in [-0.05, 0) is 59.1 Å². The van der Waals surface area contributed by atoms with E-state index in [0.29, 0.717) is 24.4 Å². The van der Waals surface area contributed by atoms with Crippen molar-refractivity contribution in [1.29, 1.82) is 0 Å². The number of H-pyrrole nitrogens is 2. The zero-order valence-corrected chi connectivity index (χ0v) is 34.0. The lowest BCUT2D eigenvalue weighted by molar-refractivity contribution is -0.141. The Morgan fingerprint density at radius 1 is 0.672 bits per heavy atom. The number of carbonyl (C=O) groups excluding carboxylic acids is 3. The summed E-state index contributed by atoms with van der Waals surface area (Å²) in [6, 6.07) is 33.6. The fourth-order valence-electron chi connectivity index (χ4n) is 8.96. The summed E-state index contributed by atoms with van der Waals surface area (Å²) in [5.74, 6) is 1.32. The lowest BCUT2D eigenvalue weighted by atomic mass is 10.0. The Morgan fingerprint density at radius 3 is 1.79 bits per heavy atom. The van der Waals surface area contributed by atoms with Crippen molar-refractivity contribution in [3.8, 4) is 33.6 Å². The predicted molar refractivity (Wildman–Crippen MR) is 231 cm³/mol. The van der Waals surface area contributed by atoms with Gasteiger partial charge in [-0.2, -0.15) is 0 Å². The summed E-state index contributed by atoms with van der Waals surface area (Å²) < 4.78 is 10.8. The van der Waals surface area contributed by atoms with Crippen LogP contribution in [0.15, 0.2) is 116 Å². The van der Waals surface area contributed by atoms with Crippen LogP contribution in [-0.4, -0.2) is 91.9 Å². The van der Waals surface area contributed by atoms with E-state index in [2.05, 4.69) is 86.6 Å². The van der Waals surface area contributed by atoms with Gasteiger partial charge in [0.1, 0.15) is 11.6 Å². The van der Waals surface area contributed by atoms with Crippen molar-refractivity contribution in [1.82, 2.24) is 34.6 Å². The number of nitrogens with two attached hydrogens (primary N) is 1. The van der Waals surface area contributed by atoms with Crippen molar-refractivity contribution >= 4 is 17.9 Å². The van der Waals surface area contributed by atoms with Gasteiger partial charge in [-0.3, -0.25) is 14.5 Å². The van der Waals surface area contributed by atoms with Gasteiger partial charge in [-0.1, -0.05) is 103 Å². The molecule has 3 saturated heterocycles. The molecule has 0 unspecified atom stereocenters. The number of nitrogens with zero attached hydrogens (tertiary/aromatic N) is 5. The molecule has 0 radical (unpaired) electrons. The van der Waals surface area contributed by atoms with Crippen molar-refractivity contribution in [2.45, 2.75) is 56.8 Å². The van der Waals surface area contributed by atoms with Crippen LogP contribution in [-0.2, 0) is 32.0 Å². The summed E-state index contributed by atoms with van der Waals surface area (Å²) in [5, 5.41) is 0. The first-order valence-electron chi connectivity index (χ1n) is 21.2. The third-order valence-corrected chi connectivity index (χ3v) is 12.2. The van der Waals surface area contributed by atoms with Gasteiger partial charge in [-0.25, -0.2) is 14.8 Å². The summed E-state index contributed by atoms with van der Waals surface area (Å²) in [6.45, 7) is 5.39. The molecular formula is C48H50N8O5. The van der Waals surface area contributed by atoms with Crippen LogP contribution < -0.4 is 5.73 Å². The number of primary amides is 1. The number of aromatic amines is 2. The van der Waals surface area contributed by atoms with Crippen LogP contribution in [0.5, 0.6) is 0 Å². The highest BCUT2D eigenvalue weighted by molar-refractivity contribution is 5.85. The van der Waals surface area contributed by atoms with Gasteiger partial charge in [0, 0.05) is 38.3 Å². The summed E-state index contributed by atoms with van der Waals surface area (Å²) in [7, 11) is 0. The number of aromatic nitrogens is 4. The van der Waals surface area contributed by atoms with E-state index < -0.39 is 12.2 Å². The molecule has 4 N–H and O–H groups in total. The van der Waals surface area contributed by atoms with Crippen molar-refractivity contribution in [3.05, 3.63) is 144 Å². The van der Waals surface area contributed by atoms with Crippen LogP contribution in [0, 0.1) is 0 Å². The third kappa shape index (κ3) is 8.84. The minimum atomic E-state index is -1.13. The SMILES string of the molecule is NC(=O)O[C@@H](C(=O)N1CCC[C@H]1c1ncc(-c2ccc(-c3ccc(-c4cnc([C@@H]5CCCN5C(=O)Cc5ccccc5CN5CCOCC5)[nH]4)cc3)cc2)[nH]1)c1ccccc1. The maximum Gasteiger partial charge on any atom is 0.405 e. The van der Waals surface area contributed by atoms with Gasteiger partial charge >= 0.3 is 6.09 Å². The number of ether oxygens (including phenoxy) is 2. The van der Waals surface area contributed by atoms with E-state index in [1.807, 2.05) is 23.2 Å². The first-order chi connectivity index (χ1) is 29.9. The Hall–Kier alpha value is -6.57. The van der Waals surface area contributed by atoms with Crippen molar-refractivity contribution < 1.29 is 23.9 Å². The summed E-state index contributed by atoms with van der Waals surface area (Å²) in [5.41, 5.74) is 14.1. The smallest absolute Gasteiger partial charge is 0.405 e. The molecule has 3 atom stereocenters. The van der Waals surface area contributed by atoms with E-state index in [4.69, 9.17) is 20.2 Å². The zero-order valence-electron chi connectivity index (χ0n) is 34.0. The normalized spacial score (nSPS) is 18.6. The highest BCUT2D eigenvalue weighted by Crippen LogP contribution is 2.36. The van der Waals surface area contributed by atoms with Crippen LogP contribution in [0.3, 0.4) is 0 Å². The van der Waals surface area contributed by atoms with Gasteiger partial charge in [0.05, 0.1) is 55.5 Å². The molecule has 3 fully saturated rings. The van der Waals surface area contributed by atoms with Crippen LogP contribution in [0.2, 0.25) is 0 Å². The van der Waals surface area contributed by atoms with Gasteiger partial charge in [0.25, 0.3) is 5.91 Å². The number of likely N-dealkylation sites (tertiary alicyclic amines) is 2. The van der Waals surface area contributed by atoms with E-state index in [9.17, 15) is 14.4 Å². The average molecular weight is 819 g/mol. The maximum absolute atomic E-state index is 13.8. The number of hydrogen-bond acceptors (Lipinski definition) is 8. The minimum absolute atomic E-state index is 0.0779. The number of rotatable bonds is 12. The minimum Gasteiger partial charge on any atom is -0.431 e. The number of carbonyl (C=O) groups is 3. The molecule has 3 aliphatic heterocycles. The molecule has 312 valence electrons. The molecule has 6 aromatic rings. The van der Waals surface area contributed by atoms with E-state index in [0.717, 1.165) is 110 Å². The monoisotopic (exact) mass is 818 g/mol. The molecule has 0 spiro atoms. The Morgan fingerprint density at radius 2 is 1.20 bits per heavy atom. The molecule has 13 heteroatoms. The van der Waals surface area contributed by atoms with Crippen molar-refractivity contribution in [2.75, 3.05) is 39.4 Å². The van der Waals surface area contributed by atoms with Gasteiger partial charge in [0.15, 0.2) is 0 Å². The molecule has 3 amide bonds. The van der Waals surface area contributed by atoms with Crippen molar-refractivity contribution in [2.24, 2.45) is 5.73 Å². The summed E-state index contributed by atoms with van der Waals surface area (Å²) >= 11 is 0. The molecule has 0 saturated carbocycles. The lowest BCUT2D eigenvalue weighted by Crippen LogP contribution is -2.37. The molecule has 4 aromatic carbocycles. The first kappa shape index (κ1) is 39.9. The first-order valence-corrected chi connectivity index (χ1v) is 21.2. The molecule has 9 rings (SSSR count). The second-order valence-electron chi connectivity index (χ2n) is 16.0. The average Bonchev–Trinajstić information content (AvgIpc) is 4.14. The van der Waals surface area contributed by atoms with E-state index >= 15 is 0 Å². The number of nitrogens with one attached hydrogen (secondary N) is 2. The van der Waals surface area contributed by atoms with Gasteiger partial charge in [-0.15, -0.1) is 0 Å². The Bertz CT molecular complexity index is 2460. The standard InChI is InChI=1S/C48H50N8O5/c49-48(59)61-44(36-8-2-1-3-9-36)47(58)56-23-7-13-42(56)46-51-30-40(53-46)35-20-16-33(17-21-35)32-14-18-34(19-15-32)39-29-50-45(52-39)41-12-6-22-55(41)43(57)28-37-10-4-5-11-38(37)31-54-24-26-60-27-25-54/h1-5,8-11,14-21,29-30,41-42,44H,6-7,12-13,22-28,31H2,(H2,49,59)(H,50,52)(H,51,53)/t41-,42-,44+/m0/s1. The zero-order chi connectivity index (χ0) is 41.7. The lowest BCUT2D eigenvalue weighted by Gasteiger charge is -2.28. The molecule has 5 heterocycles. The molecule has 0 aliphatic carbocycles. The Kier molecular flexibility index (Phi) is 11.7. The van der Waals surface area contributed by atoms with Crippen molar-refractivity contribution in [3.63, 3.8) is 0 Å². The largest absolute Gasteiger partial charge is 0.431 e. The predicted octanol–water partition coefficient (Wildman–Crippen LogP) is 7.37. The summed E-state index contributed by atoms with van der Waals surface area (Å²) in [6.07, 6.45) is 5.27. The van der Waals surface area contributed by atoms with E-state index in [-0.39, 0.29) is 23.9 Å². The van der Waals surface area contributed by atoms with E-state index in [1.165, 1.54) is 5.56 Å². The number of benzene rings is 4. The van der Waals surface area contributed by atoms with E-state index in [1.54, 1.807) is 35.4 Å². The summed E-state index contributed by atoms with van der Waals surface area (Å²) in [4.78, 5) is 61.8. The van der Waals surface area contributed by atoms with Crippen LogP contribution in [0.25, 0.3) is 33.6 Å². The number of amides is 3. The number of morpholine rings is 1. The molecule has 61 heavy (non-hydrogen) atoms. The fourth-order valence-corrected chi connectivity index (χ4v) is 8.96. The second-order valence-corrected chi connectivity index (χ2v) is 16.0. The highest BCUT2D eigenvalue weighted by atomic mass is 16.6. The number of imidazole rings is 2. The molecule has 3 aliphatic rings. The second kappa shape index (κ2) is 18.0. The molecule has 2 aromatic heterocycles. The number of hydrogen-bond donors (Lipinski definition) is 3. The van der Waals surface area contributed by atoms with Gasteiger partial charge < -0.3 is 35.0 Å². The van der Waals surface area contributed by atoms with Crippen LogP contribution in [0.1, 0.15) is 72.2 Å². The van der Waals surface area contributed by atoms with Crippen LogP contribution >= 0.6 is 0 Å². The quantitative estimate of drug-likeness (QED) is 0.115. The Labute approximate surface area is 354 Å². The highest BCUT2D eigenvalue weighted by Gasteiger charge is 2.38. The van der Waals surface area contributed by atoms with Gasteiger partial charge in [0.2, 0.25) is 12.0 Å². The molecular weight excluding hydrogens is 769 g/mol. The molecule has 13 nitrogen and oxygen atoms in total.